The molecule has 9 heteroatoms. The second-order valence-electron chi connectivity index (χ2n) is 6.37. The van der Waals surface area contributed by atoms with Crippen LogP contribution < -0.4 is 15.4 Å². The van der Waals surface area contributed by atoms with E-state index < -0.39 is 10.0 Å². The largest absolute Gasteiger partial charge is 0.357 e. The Labute approximate surface area is 184 Å². The molecule has 0 saturated heterocycles. The van der Waals surface area contributed by atoms with Gasteiger partial charge in [0.25, 0.3) is 0 Å². The third-order valence-corrected chi connectivity index (χ3v) is 6.99. The predicted molar refractivity (Wildman–Crippen MR) is 126 cm³/mol. The van der Waals surface area contributed by atoms with Crippen LogP contribution in [0.25, 0.3) is 0 Å². The smallest absolute Gasteiger partial charge is 0.211 e. The predicted octanol–water partition coefficient (Wildman–Crippen LogP) is 2.81. The fourth-order valence-corrected chi connectivity index (χ4v) is 4.25. The van der Waals surface area contributed by atoms with E-state index in [1.165, 1.54) is 17.7 Å². The Morgan fingerprint density at radius 1 is 1.15 bits per heavy atom. The molecule has 1 aliphatic carbocycles. The molecule has 1 fully saturated rings. The van der Waals surface area contributed by atoms with Crippen molar-refractivity contribution in [1.29, 1.82) is 0 Å². The molecule has 0 heterocycles. The van der Waals surface area contributed by atoms with Gasteiger partial charge in [-0.3, -0.25) is 4.99 Å². The molecule has 1 aromatic rings. The summed E-state index contributed by atoms with van der Waals surface area (Å²) in [4.78, 5) is 6.03. The molecular weight excluding hydrogens is 495 g/mol. The van der Waals surface area contributed by atoms with Crippen molar-refractivity contribution in [2.75, 3.05) is 31.9 Å². The summed E-state index contributed by atoms with van der Waals surface area (Å²) in [6, 6.07) is 10.5. The normalized spacial score (nSPS) is 15.7. The molecule has 27 heavy (non-hydrogen) atoms. The van der Waals surface area contributed by atoms with Gasteiger partial charge in [-0.15, -0.1) is 35.7 Å². The molecule has 0 bridgehead atoms. The van der Waals surface area contributed by atoms with Crippen LogP contribution in [0.5, 0.6) is 0 Å². The first-order chi connectivity index (χ1) is 12.5. The zero-order valence-corrected chi connectivity index (χ0v) is 20.0. The van der Waals surface area contributed by atoms with Gasteiger partial charge in [-0.05, 0) is 45.2 Å². The molecule has 0 atom stereocenters. The zero-order chi connectivity index (χ0) is 18.9. The number of guanidine groups is 1. The minimum atomic E-state index is -3.11. The first-order valence-corrected chi connectivity index (χ1v) is 11.7. The Hall–Kier alpha value is -0.520. The number of thioether (sulfide) groups is 1. The van der Waals surface area contributed by atoms with Crippen LogP contribution in [0.2, 0.25) is 0 Å². The molecule has 1 aromatic carbocycles. The summed E-state index contributed by atoms with van der Waals surface area (Å²) in [5.41, 5.74) is 0. The van der Waals surface area contributed by atoms with Gasteiger partial charge in [0.05, 0.1) is 12.3 Å². The highest BCUT2D eigenvalue weighted by Gasteiger charge is 2.43. The van der Waals surface area contributed by atoms with E-state index in [1.807, 2.05) is 24.8 Å². The Balaban J connectivity index is 0.00000364. The summed E-state index contributed by atoms with van der Waals surface area (Å²) < 4.78 is 25.6. The van der Waals surface area contributed by atoms with Crippen molar-refractivity contribution >= 4 is 51.7 Å². The van der Waals surface area contributed by atoms with Gasteiger partial charge in [-0.1, -0.05) is 18.2 Å². The van der Waals surface area contributed by atoms with Gasteiger partial charge in [0.15, 0.2) is 5.96 Å². The number of hydrogen-bond donors (Lipinski definition) is 3. The van der Waals surface area contributed by atoms with Crippen molar-refractivity contribution in [1.82, 2.24) is 15.4 Å². The summed E-state index contributed by atoms with van der Waals surface area (Å²) in [5.74, 6) is 0.914. The van der Waals surface area contributed by atoms with E-state index in [-0.39, 0.29) is 34.5 Å². The number of nitrogens with zero attached hydrogens (tertiary/aromatic N) is 1. The monoisotopic (exact) mass is 526 g/mol. The number of aliphatic imine (C=N–C) groups is 1. The minimum absolute atomic E-state index is 0. The molecule has 2 rings (SSSR count). The van der Waals surface area contributed by atoms with E-state index in [0.717, 1.165) is 19.0 Å². The summed E-state index contributed by atoms with van der Waals surface area (Å²) in [6.07, 6.45) is 3.09. The number of rotatable bonds is 11. The Kier molecular flexibility index (Phi) is 11.0. The van der Waals surface area contributed by atoms with Gasteiger partial charge >= 0.3 is 0 Å². The molecule has 154 valence electrons. The molecule has 0 aromatic heterocycles. The van der Waals surface area contributed by atoms with Gasteiger partial charge in [-0.2, -0.15) is 0 Å². The molecule has 0 unspecified atom stereocenters. The molecule has 1 aliphatic rings. The van der Waals surface area contributed by atoms with Gasteiger partial charge in [0.2, 0.25) is 10.0 Å². The van der Waals surface area contributed by atoms with E-state index in [4.69, 9.17) is 4.99 Å². The lowest BCUT2D eigenvalue weighted by Gasteiger charge is -2.15. The Morgan fingerprint density at radius 3 is 2.44 bits per heavy atom. The third kappa shape index (κ3) is 9.49. The van der Waals surface area contributed by atoms with Crippen LogP contribution in [-0.2, 0) is 10.0 Å². The molecule has 1 saturated carbocycles. The van der Waals surface area contributed by atoms with Gasteiger partial charge in [0.1, 0.15) is 0 Å². The molecular formula is C18H31IN4O2S2. The summed E-state index contributed by atoms with van der Waals surface area (Å²) >= 11 is 1.91. The number of nitrogens with one attached hydrogen (secondary N) is 3. The number of benzene rings is 1. The lowest BCUT2D eigenvalue weighted by Crippen LogP contribution is -2.39. The summed E-state index contributed by atoms with van der Waals surface area (Å²) in [7, 11) is -3.11. The van der Waals surface area contributed by atoms with Crippen molar-refractivity contribution in [3.63, 3.8) is 0 Å². The summed E-state index contributed by atoms with van der Waals surface area (Å²) in [5, 5.41) is 6.54. The molecule has 0 radical (unpaired) electrons. The quantitative estimate of drug-likeness (QED) is 0.179. The van der Waals surface area contributed by atoms with Crippen molar-refractivity contribution in [3.8, 4) is 0 Å². The highest BCUT2D eigenvalue weighted by atomic mass is 127. The average molecular weight is 527 g/mol. The zero-order valence-electron chi connectivity index (χ0n) is 16.0. The number of hydrogen-bond acceptors (Lipinski definition) is 4. The average Bonchev–Trinajstić information content (AvgIpc) is 3.40. The standard InChI is InChI=1S/C18H30N4O2S2.HI/c1-3-19-17(20-13-8-14-22-26(23,24)4-2)21-15-18(11-12-18)25-16-9-6-5-7-10-16;/h5-7,9-10,22H,3-4,8,11-15H2,1-2H3,(H2,19,20,21);1H. The van der Waals surface area contributed by atoms with Crippen molar-refractivity contribution < 1.29 is 8.42 Å². The maximum absolute atomic E-state index is 11.4. The first-order valence-electron chi connectivity index (χ1n) is 9.22. The van der Waals surface area contributed by atoms with Crippen LogP contribution in [0.15, 0.2) is 40.2 Å². The molecule has 6 nitrogen and oxygen atoms in total. The van der Waals surface area contributed by atoms with Crippen LogP contribution >= 0.6 is 35.7 Å². The third-order valence-electron chi connectivity index (χ3n) is 4.10. The maximum Gasteiger partial charge on any atom is 0.211 e. The molecule has 3 N–H and O–H groups in total. The fourth-order valence-electron chi connectivity index (χ4n) is 2.36. The molecule has 0 spiro atoms. The fraction of sp³-hybridized carbons (Fsp3) is 0.611. The lowest BCUT2D eigenvalue weighted by atomic mass is 10.4. The van der Waals surface area contributed by atoms with Crippen molar-refractivity contribution in [3.05, 3.63) is 30.3 Å². The summed E-state index contributed by atoms with van der Waals surface area (Å²) in [6.45, 7) is 6.38. The highest BCUT2D eigenvalue weighted by Crippen LogP contribution is 2.51. The van der Waals surface area contributed by atoms with Crippen molar-refractivity contribution in [2.45, 2.75) is 42.8 Å². The Bertz CT molecular complexity index is 680. The second kappa shape index (κ2) is 12.1. The minimum Gasteiger partial charge on any atom is -0.357 e. The lowest BCUT2D eigenvalue weighted by molar-refractivity contribution is 0.579. The van der Waals surface area contributed by atoms with Gasteiger partial charge in [0, 0.05) is 29.3 Å². The van der Waals surface area contributed by atoms with Crippen LogP contribution in [0.4, 0.5) is 0 Å². The number of sulfonamides is 1. The SMILES string of the molecule is CCNC(=NCC1(Sc2ccccc2)CC1)NCCCNS(=O)(=O)CC.I. The second-order valence-corrected chi connectivity index (χ2v) is 10.0. The van der Waals surface area contributed by atoms with E-state index in [9.17, 15) is 8.42 Å². The van der Waals surface area contributed by atoms with Gasteiger partial charge < -0.3 is 10.6 Å². The van der Waals surface area contributed by atoms with Crippen molar-refractivity contribution in [2.24, 2.45) is 4.99 Å². The van der Waals surface area contributed by atoms with Crippen LogP contribution in [0.3, 0.4) is 0 Å². The molecule has 0 aliphatic heterocycles. The number of halogens is 1. The van der Waals surface area contributed by atoms with E-state index in [2.05, 4.69) is 39.6 Å². The van der Waals surface area contributed by atoms with E-state index in [0.29, 0.717) is 19.5 Å². The van der Waals surface area contributed by atoms with Gasteiger partial charge in [-0.25, -0.2) is 13.1 Å². The highest BCUT2D eigenvalue weighted by molar-refractivity contribution is 14.0. The first kappa shape index (κ1) is 24.5. The van der Waals surface area contributed by atoms with Crippen LogP contribution in [0.1, 0.15) is 33.1 Å². The van der Waals surface area contributed by atoms with E-state index >= 15 is 0 Å². The maximum atomic E-state index is 11.4. The topological polar surface area (TPSA) is 82.6 Å². The molecule has 0 amide bonds. The van der Waals surface area contributed by atoms with Crippen LogP contribution in [-0.4, -0.2) is 51.1 Å². The Morgan fingerprint density at radius 2 is 1.85 bits per heavy atom. The van der Waals surface area contributed by atoms with E-state index in [1.54, 1.807) is 6.92 Å². The van der Waals surface area contributed by atoms with Crippen LogP contribution in [0, 0.1) is 0 Å².